The summed E-state index contributed by atoms with van der Waals surface area (Å²) in [7, 11) is 0. The molecule has 0 unspecified atom stereocenters. The second-order valence-corrected chi connectivity index (χ2v) is 12.8. The first-order valence-electron chi connectivity index (χ1n) is 12.9. The van der Waals surface area contributed by atoms with Gasteiger partial charge in [-0.05, 0) is 54.2 Å². The lowest BCUT2D eigenvalue weighted by atomic mass is 9.36. The number of furan rings is 1. The van der Waals surface area contributed by atoms with Gasteiger partial charge in [-0.15, -0.1) is 0 Å². The largest absolute Gasteiger partial charge is 0.472 e. The number of hydrogen-bond donors (Lipinski definition) is 2. The van der Waals surface area contributed by atoms with Crippen molar-refractivity contribution in [3.63, 3.8) is 0 Å². The van der Waals surface area contributed by atoms with E-state index < -0.39 is 22.5 Å². The van der Waals surface area contributed by atoms with Crippen molar-refractivity contribution in [2.75, 3.05) is 0 Å². The zero-order valence-electron chi connectivity index (χ0n) is 21.8. The van der Waals surface area contributed by atoms with Gasteiger partial charge >= 0.3 is 5.97 Å². The molecule has 1 aromatic heterocycles. The van der Waals surface area contributed by atoms with Gasteiger partial charge in [-0.1, -0.05) is 51.0 Å². The van der Waals surface area contributed by atoms with Crippen molar-refractivity contribution < 1.29 is 29.1 Å². The van der Waals surface area contributed by atoms with Crippen LogP contribution in [0, 0.1) is 33.5 Å². The molecule has 8 nitrogen and oxygen atoms in total. The number of carbonyl (C=O) groups excluding carboxylic acids is 1. The van der Waals surface area contributed by atoms with Crippen LogP contribution in [0.15, 0.2) is 45.5 Å². The summed E-state index contributed by atoms with van der Waals surface area (Å²) in [5.74, 6) is -0.235. The maximum absolute atomic E-state index is 12.5. The summed E-state index contributed by atoms with van der Waals surface area (Å²) in [6, 6.07) is 1.94. The minimum atomic E-state index is -0.649. The van der Waals surface area contributed by atoms with Crippen LogP contribution in [0.3, 0.4) is 0 Å². The van der Waals surface area contributed by atoms with Crippen LogP contribution in [0.25, 0.3) is 0 Å². The average Bonchev–Trinajstić information content (AvgIpc) is 3.24. The zero-order chi connectivity index (χ0) is 25.9. The number of hydrogen-bond acceptors (Lipinski definition) is 8. The number of oxime groups is 2. The molecule has 0 amide bonds. The van der Waals surface area contributed by atoms with Crippen LogP contribution >= 0.6 is 0 Å². The van der Waals surface area contributed by atoms with Crippen LogP contribution in [0.1, 0.15) is 72.3 Å². The zero-order valence-corrected chi connectivity index (χ0v) is 21.8. The molecule has 2 N–H and O–H groups in total. The maximum Gasteiger partial charge on any atom is 0.302 e. The highest BCUT2D eigenvalue weighted by Crippen LogP contribution is 2.81. The van der Waals surface area contributed by atoms with Gasteiger partial charge in [0.2, 0.25) is 0 Å². The molecule has 1 aliphatic heterocycles. The first-order chi connectivity index (χ1) is 16.9. The molecule has 1 aromatic rings. The first-order valence-corrected chi connectivity index (χ1v) is 12.9. The van der Waals surface area contributed by atoms with Crippen molar-refractivity contribution in [2.24, 2.45) is 43.8 Å². The smallest absolute Gasteiger partial charge is 0.302 e. The van der Waals surface area contributed by atoms with E-state index in [1.54, 1.807) is 12.5 Å². The van der Waals surface area contributed by atoms with Crippen LogP contribution in [-0.2, 0) is 14.3 Å². The van der Waals surface area contributed by atoms with Crippen LogP contribution in [0.4, 0.5) is 0 Å². The van der Waals surface area contributed by atoms with Crippen LogP contribution in [-0.4, -0.2) is 45.6 Å². The molecular formula is C28H36N2O6. The molecule has 5 aliphatic rings. The number of nitrogens with zero attached hydrogens (tertiary/aromatic N) is 2. The Bertz CT molecular complexity index is 1200. The fraction of sp³-hybridized carbons (Fsp3) is 0.679. The fourth-order valence-corrected chi connectivity index (χ4v) is 9.86. The lowest BCUT2D eigenvalue weighted by Crippen LogP contribution is -2.70. The normalized spacial score (nSPS) is 50.2. The fourth-order valence-electron chi connectivity index (χ4n) is 9.86. The summed E-state index contributed by atoms with van der Waals surface area (Å²) in [5.41, 5.74) is 0.0469. The molecule has 0 radical (unpaired) electrons. The van der Waals surface area contributed by atoms with Gasteiger partial charge in [0.05, 0.1) is 23.9 Å². The number of fused-ring (bicyclic) bond motifs is 3. The van der Waals surface area contributed by atoms with E-state index in [1.165, 1.54) is 6.92 Å². The van der Waals surface area contributed by atoms with Crippen molar-refractivity contribution in [1.29, 1.82) is 0 Å². The summed E-state index contributed by atoms with van der Waals surface area (Å²) >= 11 is 0. The van der Waals surface area contributed by atoms with Crippen molar-refractivity contribution in [3.05, 3.63) is 36.3 Å². The summed E-state index contributed by atoms with van der Waals surface area (Å²) in [4.78, 5) is 12.5. The number of ether oxygens (including phenoxy) is 2. The van der Waals surface area contributed by atoms with Crippen LogP contribution in [0.2, 0.25) is 0 Å². The van der Waals surface area contributed by atoms with Crippen molar-refractivity contribution in [1.82, 2.24) is 0 Å². The topological polar surface area (TPSA) is 117 Å². The highest BCUT2D eigenvalue weighted by atomic mass is 16.6. The second kappa shape index (κ2) is 7.03. The molecule has 4 aliphatic carbocycles. The summed E-state index contributed by atoms with van der Waals surface area (Å²) in [5, 5.41) is 27.4. The summed E-state index contributed by atoms with van der Waals surface area (Å²) in [6.45, 7) is 12.5. The van der Waals surface area contributed by atoms with E-state index in [-0.39, 0.29) is 40.7 Å². The Hall–Kier alpha value is -2.61. The van der Waals surface area contributed by atoms with Gasteiger partial charge in [0.1, 0.15) is 17.8 Å². The molecule has 36 heavy (non-hydrogen) atoms. The average molecular weight is 497 g/mol. The molecule has 9 atom stereocenters. The van der Waals surface area contributed by atoms with Gasteiger partial charge in [-0.3, -0.25) is 4.79 Å². The minimum absolute atomic E-state index is 0.0957. The molecular weight excluding hydrogens is 460 g/mol. The molecule has 0 aromatic carbocycles. The Morgan fingerprint density at radius 3 is 2.50 bits per heavy atom. The lowest BCUT2D eigenvalue weighted by molar-refractivity contribution is -0.228. The maximum atomic E-state index is 12.5. The lowest BCUT2D eigenvalue weighted by Gasteiger charge is -2.67. The quantitative estimate of drug-likeness (QED) is 0.253. The molecule has 0 bridgehead atoms. The van der Waals surface area contributed by atoms with E-state index >= 15 is 0 Å². The summed E-state index contributed by atoms with van der Waals surface area (Å²) in [6.07, 6.45) is 9.19. The monoisotopic (exact) mass is 496 g/mol. The molecule has 3 saturated carbocycles. The predicted molar refractivity (Wildman–Crippen MR) is 131 cm³/mol. The molecule has 2 heterocycles. The van der Waals surface area contributed by atoms with Crippen molar-refractivity contribution in [3.8, 4) is 0 Å². The van der Waals surface area contributed by atoms with Crippen LogP contribution < -0.4 is 0 Å². The molecule has 1 spiro atoms. The number of allylic oxidation sites excluding steroid dienone is 2. The third-order valence-corrected chi connectivity index (χ3v) is 11.3. The minimum Gasteiger partial charge on any atom is -0.472 e. The van der Waals surface area contributed by atoms with Crippen molar-refractivity contribution >= 4 is 17.4 Å². The third-order valence-electron chi connectivity index (χ3n) is 11.3. The van der Waals surface area contributed by atoms with E-state index in [9.17, 15) is 15.2 Å². The highest BCUT2D eigenvalue weighted by molar-refractivity contribution is 6.02. The summed E-state index contributed by atoms with van der Waals surface area (Å²) < 4.78 is 18.3. The van der Waals surface area contributed by atoms with Gasteiger partial charge in [-0.25, -0.2) is 0 Å². The van der Waals surface area contributed by atoms with Gasteiger partial charge in [0.25, 0.3) is 0 Å². The van der Waals surface area contributed by atoms with E-state index in [2.05, 4.69) is 51.0 Å². The van der Waals surface area contributed by atoms with E-state index in [0.717, 1.165) is 18.4 Å². The van der Waals surface area contributed by atoms with Gasteiger partial charge in [0.15, 0.2) is 0 Å². The Kier molecular flexibility index (Phi) is 4.64. The Labute approximate surface area is 211 Å². The molecule has 194 valence electrons. The molecule has 6 rings (SSSR count). The Morgan fingerprint density at radius 1 is 1.14 bits per heavy atom. The Morgan fingerprint density at radius 2 is 1.89 bits per heavy atom. The van der Waals surface area contributed by atoms with Gasteiger partial charge in [-0.2, -0.15) is 0 Å². The number of esters is 1. The third kappa shape index (κ3) is 2.42. The molecule has 4 fully saturated rings. The van der Waals surface area contributed by atoms with Crippen LogP contribution in [0.5, 0.6) is 0 Å². The second-order valence-electron chi connectivity index (χ2n) is 12.8. The Balaban J connectivity index is 1.56. The SMILES string of the molecule is CC(=O)O[C@@H]1C[C@H]2C(C)(C)/C(=N/O)C=C[C@]2(C)[C@H]2CC[C@@]3(C)[C@H](c4ccoc4)/C(=N\O)[C@H]4O[C@]43[C@@]21C. The van der Waals surface area contributed by atoms with E-state index in [1.807, 2.05) is 12.1 Å². The van der Waals surface area contributed by atoms with Gasteiger partial charge < -0.3 is 24.3 Å². The highest BCUT2D eigenvalue weighted by Gasteiger charge is 2.89. The number of epoxide rings is 1. The number of rotatable bonds is 2. The first kappa shape index (κ1) is 23.8. The molecule has 8 heteroatoms. The van der Waals surface area contributed by atoms with E-state index in [4.69, 9.17) is 13.9 Å². The standard InChI is InChI=1S/C28H36N2O6/c1-15(31)35-20-13-18-24(2,3)19(29-32)8-10-25(18,4)17-7-11-26(5)21(16-9-12-34-14-16)22(30-33)23-28(26,36-23)27(17,20)6/h8-10,12,14,17-18,20-21,23,32-33H,7,11,13H2,1-6H3/b29-19+,30-22+/t17-,18+,20-,21-,23-,25-,26+,27+,28-/m1/s1. The number of carbonyl (C=O) groups is 1. The van der Waals surface area contributed by atoms with E-state index in [0.29, 0.717) is 17.8 Å². The molecule has 1 saturated heterocycles. The van der Waals surface area contributed by atoms with Gasteiger partial charge in [0, 0.05) is 29.1 Å². The predicted octanol–water partition coefficient (Wildman–Crippen LogP) is 5.15. The van der Waals surface area contributed by atoms with Crippen molar-refractivity contribution in [2.45, 2.75) is 84.5 Å².